The van der Waals surface area contributed by atoms with Gasteiger partial charge in [0.1, 0.15) is 10.6 Å². The predicted octanol–water partition coefficient (Wildman–Crippen LogP) is 3.51. The van der Waals surface area contributed by atoms with Crippen molar-refractivity contribution in [1.29, 1.82) is 0 Å². The van der Waals surface area contributed by atoms with Gasteiger partial charge in [-0.1, -0.05) is 18.2 Å². The van der Waals surface area contributed by atoms with E-state index in [2.05, 4.69) is 10.0 Å². The van der Waals surface area contributed by atoms with E-state index in [1.807, 2.05) is 0 Å². The first-order valence-electron chi connectivity index (χ1n) is 8.75. The number of sulfonamides is 1. The molecule has 0 aromatic heterocycles. The maximum Gasteiger partial charge on any atom is 0.416 e. The lowest BCUT2D eigenvalue weighted by Crippen LogP contribution is -2.25. The van der Waals surface area contributed by atoms with E-state index in [0.717, 1.165) is 12.1 Å². The zero-order chi connectivity index (χ0) is 22.5. The number of hydrogen-bond acceptors (Lipinski definition) is 4. The van der Waals surface area contributed by atoms with Gasteiger partial charge in [0.2, 0.25) is 15.9 Å². The SMILES string of the molecule is CNS(=O)(=O)c1cc(/C=C/C(=O)NC(C)c2cccc(C(F)(F)F)c2)ccc1OC. The summed E-state index contributed by atoms with van der Waals surface area (Å²) in [5, 5.41) is 2.58. The standard InChI is InChI=1S/C20H21F3N2O4S/c1-13(15-5-4-6-16(12-15)20(21,22)23)25-19(26)10-8-14-7-9-17(29-3)18(11-14)30(27,28)24-2/h4-13,24H,1-3H3,(H,25,26)/b10-8+. The third kappa shape index (κ3) is 5.83. The van der Waals surface area contributed by atoms with Crippen LogP contribution in [-0.2, 0) is 21.0 Å². The summed E-state index contributed by atoms with van der Waals surface area (Å²) in [6.45, 7) is 1.56. The van der Waals surface area contributed by atoms with E-state index in [1.165, 1.54) is 50.6 Å². The molecule has 10 heteroatoms. The quantitative estimate of drug-likeness (QED) is 0.643. The Morgan fingerprint density at radius 3 is 2.47 bits per heavy atom. The Labute approximate surface area is 172 Å². The Bertz CT molecular complexity index is 1050. The number of carbonyl (C=O) groups excluding carboxylic acids is 1. The molecule has 0 aliphatic carbocycles. The average molecular weight is 442 g/mol. The third-order valence-corrected chi connectivity index (χ3v) is 5.68. The number of benzene rings is 2. The third-order valence-electron chi connectivity index (χ3n) is 4.25. The fourth-order valence-corrected chi connectivity index (χ4v) is 3.55. The summed E-state index contributed by atoms with van der Waals surface area (Å²) in [4.78, 5) is 12.1. The van der Waals surface area contributed by atoms with Crippen molar-refractivity contribution in [3.05, 3.63) is 65.2 Å². The van der Waals surface area contributed by atoms with Crippen LogP contribution in [0.4, 0.5) is 13.2 Å². The molecule has 0 saturated heterocycles. The lowest BCUT2D eigenvalue weighted by Gasteiger charge is -2.15. The molecular weight excluding hydrogens is 421 g/mol. The van der Waals surface area contributed by atoms with Crippen molar-refractivity contribution in [3.8, 4) is 5.75 Å². The number of carbonyl (C=O) groups is 1. The van der Waals surface area contributed by atoms with Gasteiger partial charge in [0, 0.05) is 6.08 Å². The van der Waals surface area contributed by atoms with Gasteiger partial charge in [0.25, 0.3) is 0 Å². The zero-order valence-electron chi connectivity index (χ0n) is 16.4. The summed E-state index contributed by atoms with van der Waals surface area (Å²) in [6, 6.07) is 8.39. The molecule has 0 spiro atoms. The number of nitrogens with one attached hydrogen (secondary N) is 2. The summed E-state index contributed by atoms with van der Waals surface area (Å²) in [6.07, 6.45) is -1.91. The average Bonchev–Trinajstić information content (AvgIpc) is 2.71. The smallest absolute Gasteiger partial charge is 0.416 e. The van der Waals surface area contributed by atoms with Crippen LogP contribution in [-0.4, -0.2) is 28.5 Å². The number of ether oxygens (including phenoxy) is 1. The van der Waals surface area contributed by atoms with Gasteiger partial charge in [-0.15, -0.1) is 0 Å². The minimum Gasteiger partial charge on any atom is -0.495 e. The van der Waals surface area contributed by atoms with Crippen molar-refractivity contribution >= 4 is 22.0 Å². The molecule has 0 heterocycles. The molecule has 2 rings (SSSR count). The highest BCUT2D eigenvalue weighted by molar-refractivity contribution is 7.89. The summed E-state index contributed by atoms with van der Waals surface area (Å²) < 4.78 is 70.0. The van der Waals surface area contributed by atoms with Crippen LogP contribution < -0.4 is 14.8 Å². The van der Waals surface area contributed by atoms with Crippen LogP contribution in [0, 0.1) is 0 Å². The number of halogens is 3. The lowest BCUT2D eigenvalue weighted by molar-refractivity contribution is -0.137. The van der Waals surface area contributed by atoms with Crippen molar-refractivity contribution in [1.82, 2.24) is 10.0 Å². The Morgan fingerprint density at radius 2 is 1.87 bits per heavy atom. The van der Waals surface area contributed by atoms with Gasteiger partial charge in [-0.25, -0.2) is 13.1 Å². The zero-order valence-corrected chi connectivity index (χ0v) is 17.3. The topological polar surface area (TPSA) is 84.5 Å². The van der Waals surface area contributed by atoms with E-state index in [4.69, 9.17) is 4.74 Å². The Kier molecular flexibility index (Phi) is 7.27. The Balaban J connectivity index is 2.16. The largest absolute Gasteiger partial charge is 0.495 e. The van der Waals surface area contributed by atoms with Crippen LogP contribution in [0.1, 0.15) is 29.7 Å². The predicted molar refractivity (Wildman–Crippen MR) is 106 cm³/mol. The maximum absolute atomic E-state index is 12.8. The minimum atomic E-state index is -4.47. The van der Waals surface area contributed by atoms with Gasteiger partial charge >= 0.3 is 6.18 Å². The van der Waals surface area contributed by atoms with Crippen molar-refractivity contribution in [3.63, 3.8) is 0 Å². The highest BCUT2D eigenvalue weighted by Crippen LogP contribution is 2.30. The molecule has 162 valence electrons. The van der Waals surface area contributed by atoms with Crippen molar-refractivity contribution in [2.75, 3.05) is 14.2 Å². The van der Waals surface area contributed by atoms with E-state index in [1.54, 1.807) is 13.0 Å². The Hall–Kier alpha value is -2.85. The number of alkyl halides is 3. The molecule has 0 fully saturated rings. The molecule has 2 aromatic rings. The first-order valence-corrected chi connectivity index (χ1v) is 10.2. The molecule has 0 aliphatic rings. The molecular formula is C20H21F3N2O4S. The molecule has 6 nitrogen and oxygen atoms in total. The first kappa shape index (κ1) is 23.4. The molecule has 1 unspecified atom stereocenters. The second-order valence-electron chi connectivity index (χ2n) is 6.30. The summed E-state index contributed by atoms with van der Waals surface area (Å²) in [7, 11) is -1.18. The van der Waals surface area contributed by atoms with Gasteiger partial charge in [-0.3, -0.25) is 4.79 Å². The second-order valence-corrected chi connectivity index (χ2v) is 8.16. The summed E-state index contributed by atoms with van der Waals surface area (Å²) in [5.74, 6) is -0.405. The molecule has 0 saturated carbocycles. The highest BCUT2D eigenvalue weighted by Gasteiger charge is 2.30. The van der Waals surface area contributed by atoms with Crippen LogP contribution >= 0.6 is 0 Å². The molecule has 2 N–H and O–H groups in total. The van der Waals surface area contributed by atoms with Gasteiger partial charge < -0.3 is 10.1 Å². The first-order chi connectivity index (χ1) is 14.0. The molecule has 1 amide bonds. The number of amides is 1. The van der Waals surface area contributed by atoms with E-state index >= 15 is 0 Å². The van der Waals surface area contributed by atoms with Gasteiger partial charge in [-0.2, -0.15) is 13.2 Å². The van der Waals surface area contributed by atoms with E-state index in [9.17, 15) is 26.4 Å². The monoisotopic (exact) mass is 442 g/mol. The van der Waals surface area contributed by atoms with Gasteiger partial charge in [0.05, 0.1) is 18.7 Å². The molecule has 0 bridgehead atoms. The number of methoxy groups -OCH3 is 1. The van der Waals surface area contributed by atoms with E-state index in [-0.39, 0.29) is 10.6 Å². The molecule has 1 atom stereocenters. The lowest BCUT2D eigenvalue weighted by atomic mass is 10.0. The van der Waals surface area contributed by atoms with Crippen molar-refractivity contribution < 1.29 is 31.1 Å². The number of hydrogen-bond donors (Lipinski definition) is 2. The van der Waals surface area contributed by atoms with E-state index < -0.39 is 33.7 Å². The van der Waals surface area contributed by atoms with E-state index in [0.29, 0.717) is 11.1 Å². The van der Waals surface area contributed by atoms with Crippen molar-refractivity contribution in [2.24, 2.45) is 0 Å². The molecule has 2 aromatic carbocycles. The van der Waals surface area contributed by atoms with Crippen LogP contribution in [0.15, 0.2) is 53.4 Å². The normalized spacial score (nSPS) is 13.3. The molecule has 0 aliphatic heterocycles. The van der Waals surface area contributed by atoms with Gasteiger partial charge in [-0.05, 0) is 55.4 Å². The minimum absolute atomic E-state index is 0.0904. The van der Waals surface area contributed by atoms with Crippen LogP contribution in [0.5, 0.6) is 5.75 Å². The maximum atomic E-state index is 12.8. The number of rotatable bonds is 7. The second kappa shape index (κ2) is 9.31. The summed E-state index contributed by atoms with van der Waals surface area (Å²) in [5.41, 5.74) is -0.0712. The molecule has 30 heavy (non-hydrogen) atoms. The van der Waals surface area contributed by atoms with Crippen LogP contribution in [0.3, 0.4) is 0 Å². The van der Waals surface area contributed by atoms with Gasteiger partial charge in [0.15, 0.2) is 0 Å². The Morgan fingerprint density at radius 1 is 1.17 bits per heavy atom. The fourth-order valence-electron chi connectivity index (χ4n) is 2.62. The van der Waals surface area contributed by atoms with Crippen LogP contribution in [0.2, 0.25) is 0 Å². The van der Waals surface area contributed by atoms with Crippen molar-refractivity contribution in [2.45, 2.75) is 24.0 Å². The highest BCUT2D eigenvalue weighted by atomic mass is 32.2. The van der Waals surface area contributed by atoms with Crippen LogP contribution in [0.25, 0.3) is 6.08 Å². The molecule has 0 radical (unpaired) electrons. The summed E-state index contributed by atoms with van der Waals surface area (Å²) >= 11 is 0. The fraction of sp³-hybridized carbons (Fsp3) is 0.250.